The van der Waals surface area contributed by atoms with Crippen molar-refractivity contribution >= 4 is 50.7 Å². The molecule has 1 amide bonds. The summed E-state index contributed by atoms with van der Waals surface area (Å²) in [4.78, 5) is 16.8. The van der Waals surface area contributed by atoms with Crippen molar-refractivity contribution in [1.29, 1.82) is 5.41 Å². The summed E-state index contributed by atoms with van der Waals surface area (Å²) in [5.74, 6) is -0.343. The second-order valence-electron chi connectivity index (χ2n) is 7.30. The minimum absolute atomic E-state index is 0.0603. The fraction of sp³-hybridized carbons (Fsp3) is 0.130. The van der Waals surface area contributed by atoms with Crippen molar-refractivity contribution in [3.05, 3.63) is 77.0 Å². The third-order valence-electron chi connectivity index (χ3n) is 5.28. The third-order valence-corrected chi connectivity index (χ3v) is 6.10. The van der Waals surface area contributed by atoms with Gasteiger partial charge in [0.1, 0.15) is 0 Å². The summed E-state index contributed by atoms with van der Waals surface area (Å²) in [6, 6.07) is 16.4. The van der Waals surface area contributed by atoms with Gasteiger partial charge in [-0.3, -0.25) is 10.2 Å². The molecule has 0 atom stereocenters. The molecule has 0 fully saturated rings. The zero-order valence-electron chi connectivity index (χ0n) is 16.6. The van der Waals surface area contributed by atoms with Crippen LogP contribution in [0, 0.1) is 12.3 Å². The third kappa shape index (κ3) is 3.07. The van der Waals surface area contributed by atoms with Crippen LogP contribution in [0.25, 0.3) is 17.0 Å². The average molecular weight is 414 g/mol. The van der Waals surface area contributed by atoms with E-state index in [1.54, 1.807) is 6.08 Å². The smallest absolute Gasteiger partial charge is 0.283 e. The van der Waals surface area contributed by atoms with Gasteiger partial charge in [0.2, 0.25) is 5.17 Å². The lowest BCUT2D eigenvalue weighted by Crippen LogP contribution is -2.35. The van der Waals surface area contributed by atoms with E-state index in [-0.39, 0.29) is 11.4 Å². The van der Waals surface area contributed by atoms with Gasteiger partial charge >= 0.3 is 0 Å². The van der Waals surface area contributed by atoms with Crippen molar-refractivity contribution in [3.63, 3.8) is 0 Å². The largest absolute Gasteiger partial charge is 0.342 e. The van der Waals surface area contributed by atoms with Crippen molar-refractivity contribution in [2.45, 2.75) is 20.4 Å². The van der Waals surface area contributed by atoms with Crippen LogP contribution in [0.15, 0.2) is 70.4 Å². The molecule has 5 rings (SSSR count). The number of para-hydroxylation sites is 1. The SMILES string of the molecule is CC1=NN2C(=N)/C(=C\c3cn(Cc4ccccc4C)c4ccccc34)C(=O)N=C2S1. The van der Waals surface area contributed by atoms with Crippen molar-refractivity contribution in [2.75, 3.05) is 0 Å². The fourth-order valence-corrected chi connectivity index (χ4v) is 4.47. The van der Waals surface area contributed by atoms with E-state index in [0.717, 1.165) is 28.1 Å². The molecule has 0 radical (unpaired) electrons. The molecule has 30 heavy (non-hydrogen) atoms. The van der Waals surface area contributed by atoms with Gasteiger partial charge in [-0.25, -0.2) is 0 Å². The second kappa shape index (κ2) is 7.11. The Hall–Kier alpha value is -3.45. The lowest BCUT2D eigenvalue weighted by Gasteiger charge is -2.20. The number of aromatic nitrogens is 1. The number of rotatable bonds is 3. The van der Waals surface area contributed by atoms with Crippen LogP contribution in [0.4, 0.5) is 0 Å². The van der Waals surface area contributed by atoms with Crippen molar-refractivity contribution in [3.8, 4) is 0 Å². The number of hydrogen-bond acceptors (Lipinski definition) is 4. The molecule has 2 aromatic carbocycles. The maximum Gasteiger partial charge on any atom is 0.283 e. The molecule has 1 aromatic heterocycles. The topological polar surface area (TPSA) is 73.8 Å². The molecule has 0 unspecified atom stereocenters. The number of fused-ring (bicyclic) bond motifs is 2. The summed E-state index contributed by atoms with van der Waals surface area (Å²) in [5.41, 5.74) is 4.69. The number of benzene rings is 2. The first-order valence-electron chi connectivity index (χ1n) is 9.60. The first-order chi connectivity index (χ1) is 14.5. The van der Waals surface area contributed by atoms with E-state index in [1.165, 1.54) is 27.9 Å². The highest BCUT2D eigenvalue weighted by Gasteiger charge is 2.34. The van der Waals surface area contributed by atoms with Gasteiger partial charge in [-0.2, -0.15) is 15.1 Å². The minimum Gasteiger partial charge on any atom is -0.342 e. The first kappa shape index (κ1) is 18.6. The number of hydrogen-bond donors (Lipinski definition) is 1. The molecule has 6 nitrogen and oxygen atoms in total. The number of carbonyl (C=O) groups excluding carboxylic acids is 1. The number of nitrogens with zero attached hydrogens (tertiary/aromatic N) is 4. The van der Waals surface area contributed by atoms with Crippen LogP contribution in [0.2, 0.25) is 0 Å². The zero-order chi connectivity index (χ0) is 20.8. The van der Waals surface area contributed by atoms with Crippen LogP contribution in [0.1, 0.15) is 23.6 Å². The van der Waals surface area contributed by atoms with Crippen molar-refractivity contribution in [2.24, 2.45) is 10.1 Å². The Balaban J connectivity index is 1.60. The number of aliphatic imine (C=N–C) groups is 1. The van der Waals surface area contributed by atoms with Crippen LogP contribution >= 0.6 is 11.8 Å². The van der Waals surface area contributed by atoms with Crippen molar-refractivity contribution in [1.82, 2.24) is 9.58 Å². The van der Waals surface area contributed by atoms with E-state index in [1.807, 2.05) is 43.5 Å². The first-order valence-corrected chi connectivity index (χ1v) is 10.4. The summed E-state index contributed by atoms with van der Waals surface area (Å²) in [7, 11) is 0. The quantitative estimate of drug-likeness (QED) is 0.636. The monoisotopic (exact) mass is 413 g/mol. The van der Waals surface area contributed by atoms with E-state index in [2.05, 4.69) is 39.8 Å². The van der Waals surface area contributed by atoms with Gasteiger partial charge in [-0.1, -0.05) is 42.5 Å². The summed E-state index contributed by atoms with van der Waals surface area (Å²) >= 11 is 1.31. The lowest BCUT2D eigenvalue weighted by molar-refractivity contribution is -0.114. The number of thioether (sulfide) groups is 1. The Bertz CT molecular complexity index is 1310. The number of hydrazone groups is 1. The van der Waals surface area contributed by atoms with Gasteiger partial charge < -0.3 is 4.57 Å². The zero-order valence-corrected chi connectivity index (χ0v) is 17.4. The second-order valence-corrected chi connectivity index (χ2v) is 8.46. The van der Waals surface area contributed by atoms with E-state index in [9.17, 15) is 4.79 Å². The summed E-state index contributed by atoms with van der Waals surface area (Å²) in [5, 5.41) is 16.5. The molecular weight excluding hydrogens is 394 g/mol. The predicted octanol–water partition coefficient (Wildman–Crippen LogP) is 4.64. The minimum atomic E-state index is -0.403. The van der Waals surface area contributed by atoms with E-state index >= 15 is 0 Å². The molecule has 2 aliphatic heterocycles. The molecule has 7 heteroatoms. The summed E-state index contributed by atoms with van der Waals surface area (Å²) in [6.45, 7) is 4.68. The highest BCUT2D eigenvalue weighted by molar-refractivity contribution is 8.26. The Morgan fingerprint density at radius 1 is 1.10 bits per heavy atom. The molecule has 0 saturated heterocycles. The molecule has 0 spiro atoms. The van der Waals surface area contributed by atoms with Crippen LogP contribution in [-0.4, -0.2) is 31.5 Å². The number of amides is 1. The van der Waals surface area contributed by atoms with Crippen LogP contribution in [0.5, 0.6) is 0 Å². The molecule has 148 valence electrons. The maximum absolute atomic E-state index is 12.6. The van der Waals surface area contributed by atoms with Gasteiger partial charge in [-0.05, 0) is 48.9 Å². The Labute approximate surface area is 178 Å². The molecule has 2 aliphatic rings. The Morgan fingerprint density at radius 2 is 1.87 bits per heavy atom. The number of nitrogens with one attached hydrogen (secondary N) is 1. The normalized spacial score (nSPS) is 17.5. The van der Waals surface area contributed by atoms with E-state index in [0.29, 0.717) is 5.17 Å². The molecular formula is C23H19N5OS. The molecule has 3 aromatic rings. The molecule has 3 heterocycles. The summed E-state index contributed by atoms with van der Waals surface area (Å²) in [6.07, 6.45) is 3.80. The molecule has 0 aliphatic carbocycles. The van der Waals surface area contributed by atoms with Crippen LogP contribution in [-0.2, 0) is 11.3 Å². The fourth-order valence-electron chi connectivity index (χ4n) is 3.74. The standard InChI is InChI=1S/C23H19N5OS/c1-14-7-3-4-8-16(14)12-27-13-17(18-9-5-6-10-20(18)27)11-19-21(24)28-23(25-22(19)29)30-15(2)26-28/h3-11,13,24H,12H2,1-2H3/b19-11+,24-21?. The van der Waals surface area contributed by atoms with E-state index in [4.69, 9.17) is 5.41 Å². The van der Waals surface area contributed by atoms with Crippen molar-refractivity contribution < 1.29 is 4.79 Å². The number of aryl methyl sites for hydroxylation is 1. The van der Waals surface area contributed by atoms with Gasteiger partial charge in [-0.15, -0.1) is 0 Å². The van der Waals surface area contributed by atoms with Crippen LogP contribution < -0.4 is 0 Å². The van der Waals surface area contributed by atoms with Gasteiger partial charge in [0, 0.05) is 29.2 Å². The molecule has 0 saturated carbocycles. The number of amidine groups is 2. The highest BCUT2D eigenvalue weighted by Crippen LogP contribution is 2.30. The van der Waals surface area contributed by atoms with Crippen LogP contribution in [0.3, 0.4) is 0 Å². The van der Waals surface area contributed by atoms with Gasteiger partial charge in [0.05, 0.1) is 10.6 Å². The molecule has 0 bridgehead atoms. The summed E-state index contributed by atoms with van der Waals surface area (Å²) < 4.78 is 2.18. The highest BCUT2D eigenvalue weighted by atomic mass is 32.2. The van der Waals surface area contributed by atoms with E-state index < -0.39 is 5.91 Å². The predicted molar refractivity (Wildman–Crippen MR) is 123 cm³/mol. The lowest BCUT2D eigenvalue weighted by atomic mass is 10.1. The maximum atomic E-state index is 12.6. The van der Waals surface area contributed by atoms with Gasteiger partial charge in [0.25, 0.3) is 5.91 Å². The van der Waals surface area contributed by atoms with Gasteiger partial charge in [0.15, 0.2) is 5.84 Å². The Kier molecular flexibility index (Phi) is 4.40. The molecule has 1 N–H and O–H groups in total. The Morgan fingerprint density at radius 3 is 2.70 bits per heavy atom. The average Bonchev–Trinajstić information content (AvgIpc) is 3.27. The number of carbonyl (C=O) groups is 1.